The van der Waals surface area contributed by atoms with Crippen molar-refractivity contribution >= 4 is 23.8 Å². The lowest BCUT2D eigenvalue weighted by Gasteiger charge is -2.29. The average Bonchev–Trinajstić information content (AvgIpc) is 3.59. The van der Waals surface area contributed by atoms with Crippen LogP contribution in [0, 0.1) is 0 Å². The van der Waals surface area contributed by atoms with Gasteiger partial charge in [0.05, 0.1) is 25.3 Å². The van der Waals surface area contributed by atoms with Gasteiger partial charge < -0.3 is 24.7 Å². The van der Waals surface area contributed by atoms with E-state index in [-0.39, 0.29) is 12.6 Å². The molecule has 1 atom stereocenters. The molecule has 10 heteroatoms. The summed E-state index contributed by atoms with van der Waals surface area (Å²) in [6.45, 7) is 6.42. The number of carbonyl (C=O) groups excluding carboxylic acids is 2. The third-order valence-electron chi connectivity index (χ3n) is 5.44. The summed E-state index contributed by atoms with van der Waals surface area (Å²) >= 11 is 1.42. The zero-order valence-electron chi connectivity index (χ0n) is 18.7. The minimum Gasteiger partial charge on any atom is -0.497 e. The number of thioether (sulfide) groups is 1. The van der Waals surface area contributed by atoms with E-state index in [2.05, 4.69) is 27.4 Å². The molecule has 2 aromatic rings. The van der Waals surface area contributed by atoms with Crippen LogP contribution in [0.25, 0.3) is 0 Å². The smallest absolute Gasteiger partial charge is 0.338 e. The summed E-state index contributed by atoms with van der Waals surface area (Å²) in [5, 5.41) is 15.1. The van der Waals surface area contributed by atoms with Gasteiger partial charge >= 0.3 is 12.0 Å². The zero-order valence-corrected chi connectivity index (χ0v) is 19.5. The molecule has 1 saturated carbocycles. The lowest BCUT2D eigenvalue weighted by atomic mass is 9.95. The molecule has 1 aromatic carbocycles. The molecule has 174 valence electrons. The van der Waals surface area contributed by atoms with Crippen molar-refractivity contribution in [3.8, 4) is 5.75 Å². The molecule has 0 bridgehead atoms. The number of amides is 2. The minimum absolute atomic E-state index is 0.227. The number of nitrogens with one attached hydrogen (secondary N) is 2. The van der Waals surface area contributed by atoms with Gasteiger partial charge in [-0.3, -0.25) is 0 Å². The number of hydrogen-bond acceptors (Lipinski definition) is 7. The number of hydrogen-bond donors (Lipinski definition) is 2. The van der Waals surface area contributed by atoms with E-state index in [9.17, 15) is 9.59 Å². The highest BCUT2D eigenvalue weighted by atomic mass is 32.2. The lowest BCUT2D eigenvalue weighted by Crippen LogP contribution is -2.46. The molecular formula is C23H27N5O4S. The van der Waals surface area contributed by atoms with Gasteiger partial charge in [0, 0.05) is 23.9 Å². The maximum Gasteiger partial charge on any atom is 0.338 e. The number of rotatable bonds is 10. The molecule has 0 spiro atoms. The highest BCUT2D eigenvalue weighted by molar-refractivity contribution is 7.99. The van der Waals surface area contributed by atoms with Crippen molar-refractivity contribution < 1.29 is 19.1 Å². The number of allylic oxidation sites excluding steroid dienone is 1. The first-order valence-corrected chi connectivity index (χ1v) is 11.8. The minimum atomic E-state index is -0.646. The Labute approximate surface area is 196 Å². The second-order valence-electron chi connectivity index (χ2n) is 7.72. The van der Waals surface area contributed by atoms with Crippen LogP contribution in [0.3, 0.4) is 0 Å². The van der Waals surface area contributed by atoms with Crippen molar-refractivity contribution in [3.05, 3.63) is 59.6 Å². The van der Waals surface area contributed by atoms with E-state index in [0.29, 0.717) is 35.2 Å². The molecule has 2 aliphatic rings. The van der Waals surface area contributed by atoms with E-state index in [1.165, 1.54) is 11.8 Å². The van der Waals surface area contributed by atoms with E-state index >= 15 is 0 Å². The summed E-state index contributed by atoms with van der Waals surface area (Å²) in [6.07, 6.45) is 4.04. The molecule has 1 aliphatic carbocycles. The summed E-state index contributed by atoms with van der Waals surface area (Å²) in [5.41, 5.74) is 1.61. The fourth-order valence-electron chi connectivity index (χ4n) is 3.72. The van der Waals surface area contributed by atoms with Crippen LogP contribution in [0.5, 0.6) is 5.75 Å². The molecular weight excluding hydrogens is 442 g/mol. The predicted octanol–water partition coefficient (Wildman–Crippen LogP) is 3.31. The number of methoxy groups -OCH3 is 1. The summed E-state index contributed by atoms with van der Waals surface area (Å²) in [4.78, 5) is 25.5. The summed E-state index contributed by atoms with van der Waals surface area (Å²) in [7, 11) is 1.58. The number of urea groups is 1. The highest BCUT2D eigenvalue weighted by Gasteiger charge is 2.34. The van der Waals surface area contributed by atoms with Crippen molar-refractivity contribution in [2.45, 2.75) is 43.4 Å². The number of carbonyl (C=O) groups is 2. The van der Waals surface area contributed by atoms with Crippen molar-refractivity contribution in [3.63, 3.8) is 0 Å². The Hall–Kier alpha value is -3.27. The zero-order chi connectivity index (χ0) is 23.4. The molecule has 1 fully saturated rings. The van der Waals surface area contributed by atoms with Gasteiger partial charge in [-0.05, 0) is 37.5 Å². The Bertz CT molecular complexity index is 1080. The number of esters is 1. The Morgan fingerprint density at radius 2 is 2.06 bits per heavy atom. The molecule has 1 unspecified atom stereocenters. The first-order valence-electron chi connectivity index (χ1n) is 10.8. The third kappa shape index (κ3) is 5.05. The van der Waals surface area contributed by atoms with Gasteiger partial charge in [-0.15, -0.1) is 16.8 Å². The molecule has 4 rings (SSSR count). The van der Waals surface area contributed by atoms with Crippen molar-refractivity contribution in [2.75, 3.05) is 19.5 Å². The van der Waals surface area contributed by atoms with Gasteiger partial charge in [-0.1, -0.05) is 30.0 Å². The van der Waals surface area contributed by atoms with Crippen LogP contribution >= 0.6 is 11.8 Å². The standard InChI is InChI=1S/C23H27N5O4S/c1-4-12-28-20(15-6-7-15)26-27-23(28)33-13-17-18(21(29)32-5-2)19(25-22(30)24-17)14-8-10-16(31-3)11-9-14/h4,8-11,15,19H,1,5-7,12-13H2,2-3H3,(H2,24,25,30). The van der Waals surface area contributed by atoms with Crippen LogP contribution in [0.2, 0.25) is 0 Å². The molecule has 1 aromatic heterocycles. The highest BCUT2D eigenvalue weighted by Crippen LogP contribution is 2.40. The van der Waals surface area contributed by atoms with E-state index < -0.39 is 12.0 Å². The van der Waals surface area contributed by atoms with Gasteiger partial charge in [-0.25, -0.2) is 9.59 Å². The average molecular weight is 470 g/mol. The molecule has 33 heavy (non-hydrogen) atoms. The first-order chi connectivity index (χ1) is 16.0. The van der Waals surface area contributed by atoms with Gasteiger partial charge in [-0.2, -0.15) is 0 Å². The van der Waals surface area contributed by atoms with Crippen molar-refractivity contribution in [1.29, 1.82) is 0 Å². The Morgan fingerprint density at radius 3 is 2.70 bits per heavy atom. The topological polar surface area (TPSA) is 107 Å². The van der Waals surface area contributed by atoms with Gasteiger partial charge in [0.25, 0.3) is 0 Å². The molecule has 2 amide bonds. The number of ether oxygens (including phenoxy) is 2. The van der Waals surface area contributed by atoms with Crippen LogP contribution in [0.15, 0.2) is 53.3 Å². The third-order valence-corrected chi connectivity index (χ3v) is 6.44. The predicted molar refractivity (Wildman–Crippen MR) is 124 cm³/mol. The van der Waals surface area contributed by atoms with E-state index in [1.807, 2.05) is 22.8 Å². The summed E-state index contributed by atoms with van der Waals surface area (Å²) in [5.74, 6) is 1.94. The van der Waals surface area contributed by atoms with Crippen molar-refractivity contribution in [1.82, 2.24) is 25.4 Å². The summed E-state index contributed by atoms with van der Waals surface area (Å²) in [6, 6.07) is 6.19. The summed E-state index contributed by atoms with van der Waals surface area (Å²) < 4.78 is 12.6. The van der Waals surface area contributed by atoms with E-state index in [4.69, 9.17) is 9.47 Å². The Morgan fingerprint density at radius 1 is 1.30 bits per heavy atom. The second kappa shape index (κ2) is 10.1. The largest absolute Gasteiger partial charge is 0.497 e. The Kier molecular flexibility index (Phi) is 7.02. The quantitative estimate of drug-likeness (QED) is 0.312. The normalized spacial score (nSPS) is 17.9. The monoisotopic (exact) mass is 469 g/mol. The molecule has 0 radical (unpaired) electrons. The maximum atomic E-state index is 13.0. The molecule has 2 heterocycles. The van der Waals surface area contributed by atoms with Crippen LogP contribution in [0.1, 0.15) is 43.1 Å². The maximum absolute atomic E-state index is 13.0. The number of benzene rings is 1. The molecule has 2 N–H and O–H groups in total. The van der Waals surface area contributed by atoms with Gasteiger partial charge in [0.15, 0.2) is 5.16 Å². The molecule has 0 saturated heterocycles. The van der Waals surface area contributed by atoms with E-state index in [1.54, 1.807) is 26.2 Å². The number of aromatic nitrogens is 3. The fourth-order valence-corrected chi connectivity index (χ4v) is 4.64. The van der Waals surface area contributed by atoms with Crippen LogP contribution in [-0.2, 0) is 16.1 Å². The number of nitrogens with zero attached hydrogens (tertiary/aromatic N) is 3. The van der Waals surface area contributed by atoms with Crippen LogP contribution in [-0.4, -0.2) is 46.2 Å². The molecule has 1 aliphatic heterocycles. The Balaban J connectivity index is 1.65. The first kappa shape index (κ1) is 22.9. The second-order valence-corrected chi connectivity index (χ2v) is 8.66. The van der Waals surface area contributed by atoms with Gasteiger partial charge in [0.2, 0.25) is 0 Å². The van der Waals surface area contributed by atoms with E-state index in [0.717, 1.165) is 29.4 Å². The van der Waals surface area contributed by atoms with Gasteiger partial charge in [0.1, 0.15) is 11.6 Å². The fraction of sp³-hybridized carbons (Fsp3) is 0.391. The van der Waals surface area contributed by atoms with Crippen LogP contribution in [0.4, 0.5) is 4.79 Å². The lowest BCUT2D eigenvalue weighted by molar-refractivity contribution is -0.139. The molecule has 9 nitrogen and oxygen atoms in total. The van der Waals surface area contributed by atoms with Crippen LogP contribution < -0.4 is 15.4 Å². The SMILES string of the molecule is C=CCn1c(SCC2=C(C(=O)OCC)C(c3ccc(OC)cc3)NC(=O)N2)nnc1C1CC1. The van der Waals surface area contributed by atoms with Crippen molar-refractivity contribution in [2.24, 2.45) is 0 Å².